The van der Waals surface area contributed by atoms with Crippen molar-refractivity contribution < 1.29 is 22.3 Å². The number of benzene rings is 1. The molecule has 0 aliphatic rings. The minimum Gasteiger partial charge on any atom is -0.463 e. The largest absolute Gasteiger partial charge is 0.463 e. The molecule has 0 radical (unpaired) electrons. The highest BCUT2D eigenvalue weighted by atomic mass is 32.2. The van der Waals surface area contributed by atoms with Crippen LogP contribution in [0.1, 0.15) is 6.92 Å². The van der Waals surface area contributed by atoms with Crippen LogP contribution < -0.4 is 0 Å². The average Bonchev–Trinajstić information content (AvgIpc) is 2.82. The van der Waals surface area contributed by atoms with Gasteiger partial charge in [0.2, 0.25) is 14.2 Å². The molecule has 0 aliphatic heterocycles. The third-order valence-corrected chi connectivity index (χ3v) is 5.36. The van der Waals surface area contributed by atoms with Crippen LogP contribution in [-0.2, 0) is 19.4 Å². The average molecular weight is 303 g/mol. The maximum Gasteiger partial charge on any atom is 0.357 e. The van der Waals surface area contributed by atoms with Crippen LogP contribution in [0, 0.1) is 0 Å². The van der Waals surface area contributed by atoms with E-state index in [2.05, 4.69) is 9.72 Å². The molecule has 5 nitrogen and oxygen atoms in total. The van der Waals surface area contributed by atoms with Gasteiger partial charge >= 0.3 is 11.5 Å². The Morgan fingerprint density at radius 3 is 2.79 bits per heavy atom. The molecule has 0 aliphatic carbocycles. The monoisotopic (exact) mass is 303 g/mol. The summed E-state index contributed by atoms with van der Waals surface area (Å²) in [6, 6.07) is 6.69. The number of ether oxygens (including phenoxy) is 1. The lowest BCUT2D eigenvalue weighted by Crippen LogP contribution is -2.28. The summed E-state index contributed by atoms with van der Waals surface area (Å²) in [5.74, 6) is -1.42. The van der Waals surface area contributed by atoms with Gasteiger partial charge in [-0.05, 0) is 19.1 Å². The van der Waals surface area contributed by atoms with Crippen molar-refractivity contribution in [1.29, 1.82) is 0 Å². The summed E-state index contributed by atoms with van der Waals surface area (Å²) < 4.78 is 42.0. The molecule has 0 saturated carbocycles. The summed E-state index contributed by atoms with van der Waals surface area (Å²) in [4.78, 5) is 15.0. The van der Waals surface area contributed by atoms with E-state index in [0.29, 0.717) is 10.2 Å². The van der Waals surface area contributed by atoms with E-state index in [0.717, 1.165) is 11.3 Å². The number of thiazole rings is 1. The first kappa shape index (κ1) is 13.9. The van der Waals surface area contributed by atoms with Crippen molar-refractivity contribution in [3.8, 4) is 0 Å². The second kappa shape index (κ2) is 5.22. The fourth-order valence-corrected chi connectivity index (χ4v) is 3.80. The number of sulfone groups is 1. The van der Waals surface area contributed by atoms with E-state index in [1.165, 1.54) is 6.92 Å². The normalized spacial score (nSPS) is 13.4. The second-order valence-electron chi connectivity index (χ2n) is 3.56. The second-order valence-corrected chi connectivity index (χ2v) is 6.74. The molecule has 1 aromatic heterocycles. The van der Waals surface area contributed by atoms with E-state index in [4.69, 9.17) is 0 Å². The van der Waals surface area contributed by atoms with Crippen molar-refractivity contribution in [2.45, 2.75) is 16.8 Å². The fourth-order valence-electron chi connectivity index (χ4n) is 1.40. The molecule has 2 aromatic rings. The number of esters is 1. The Bertz CT molecular complexity index is 677. The Morgan fingerprint density at radius 2 is 2.16 bits per heavy atom. The fraction of sp³-hybridized carbons (Fsp3) is 0.273. The van der Waals surface area contributed by atoms with Crippen molar-refractivity contribution in [3.05, 3.63) is 24.3 Å². The van der Waals surface area contributed by atoms with Crippen LogP contribution in [-0.4, -0.2) is 31.5 Å². The minimum atomic E-state index is -4.46. The van der Waals surface area contributed by atoms with Gasteiger partial charge in [-0.15, -0.1) is 11.3 Å². The summed E-state index contributed by atoms with van der Waals surface area (Å²) >= 11 is 0.821. The van der Waals surface area contributed by atoms with Gasteiger partial charge < -0.3 is 4.74 Å². The van der Waals surface area contributed by atoms with Crippen molar-refractivity contribution >= 4 is 37.4 Å². The molecular formula is C11H10FNO4S2. The SMILES string of the molecule is CCOC(=O)C(F)S(=O)(=O)c1nc2ccccc2s1. The molecule has 0 amide bonds. The van der Waals surface area contributed by atoms with E-state index < -0.39 is 25.6 Å². The standard InChI is InChI=1S/C11H10FNO4S2/c1-2-17-10(14)9(12)19(15,16)11-13-7-5-3-4-6-8(7)18-11/h3-6,9H,2H2,1H3. The summed E-state index contributed by atoms with van der Waals surface area (Å²) in [5.41, 5.74) is -2.30. The number of halogens is 1. The zero-order chi connectivity index (χ0) is 14.0. The summed E-state index contributed by atoms with van der Waals surface area (Å²) in [5, 5.41) is 0. The van der Waals surface area contributed by atoms with E-state index >= 15 is 0 Å². The molecule has 0 fully saturated rings. The summed E-state index contributed by atoms with van der Waals surface area (Å²) in [7, 11) is -4.46. The molecule has 8 heteroatoms. The lowest BCUT2D eigenvalue weighted by atomic mass is 10.3. The van der Waals surface area contributed by atoms with Crippen LogP contribution in [0.4, 0.5) is 4.39 Å². The van der Waals surface area contributed by atoms with Crippen LogP contribution in [0.15, 0.2) is 28.6 Å². The number of carbonyl (C=O) groups is 1. The van der Waals surface area contributed by atoms with Gasteiger partial charge in [-0.25, -0.2) is 22.6 Å². The van der Waals surface area contributed by atoms with Gasteiger partial charge in [-0.1, -0.05) is 12.1 Å². The van der Waals surface area contributed by atoms with E-state index in [1.807, 2.05) is 0 Å². The first-order valence-electron chi connectivity index (χ1n) is 5.37. The van der Waals surface area contributed by atoms with Crippen molar-refractivity contribution in [2.75, 3.05) is 6.61 Å². The molecule has 0 spiro atoms. The zero-order valence-electron chi connectivity index (χ0n) is 9.87. The molecule has 1 aromatic carbocycles. The first-order valence-corrected chi connectivity index (χ1v) is 7.73. The Morgan fingerprint density at radius 1 is 1.47 bits per heavy atom. The Kier molecular flexibility index (Phi) is 3.81. The highest BCUT2D eigenvalue weighted by Crippen LogP contribution is 2.28. The van der Waals surface area contributed by atoms with Crippen molar-refractivity contribution in [3.63, 3.8) is 0 Å². The van der Waals surface area contributed by atoms with E-state index in [1.54, 1.807) is 24.3 Å². The molecule has 2 rings (SSSR count). The third-order valence-electron chi connectivity index (χ3n) is 2.26. The number of para-hydroxylation sites is 1. The van der Waals surface area contributed by atoms with Crippen molar-refractivity contribution in [2.24, 2.45) is 0 Å². The summed E-state index contributed by atoms with van der Waals surface area (Å²) in [6.07, 6.45) is 0. The number of hydrogen-bond donors (Lipinski definition) is 0. The van der Waals surface area contributed by atoms with E-state index in [9.17, 15) is 17.6 Å². The number of aromatic nitrogens is 1. The maximum absolute atomic E-state index is 13.7. The van der Waals surface area contributed by atoms with Gasteiger partial charge in [0.1, 0.15) is 0 Å². The topological polar surface area (TPSA) is 73.3 Å². The van der Waals surface area contributed by atoms with Gasteiger partial charge in [0, 0.05) is 0 Å². The quantitative estimate of drug-likeness (QED) is 0.807. The molecule has 0 saturated heterocycles. The van der Waals surface area contributed by atoms with Crippen LogP contribution in [0.25, 0.3) is 10.2 Å². The smallest absolute Gasteiger partial charge is 0.357 e. The van der Waals surface area contributed by atoms with Crippen LogP contribution in [0.5, 0.6) is 0 Å². The Labute approximate surface area is 112 Å². The van der Waals surface area contributed by atoms with E-state index in [-0.39, 0.29) is 6.61 Å². The van der Waals surface area contributed by atoms with Crippen molar-refractivity contribution in [1.82, 2.24) is 4.98 Å². The zero-order valence-corrected chi connectivity index (χ0v) is 11.5. The highest BCUT2D eigenvalue weighted by Gasteiger charge is 2.37. The number of nitrogens with zero attached hydrogens (tertiary/aromatic N) is 1. The van der Waals surface area contributed by atoms with Crippen LogP contribution in [0.2, 0.25) is 0 Å². The maximum atomic E-state index is 13.7. The van der Waals surface area contributed by atoms with Gasteiger partial charge in [-0.2, -0.15) is 0 Å². The highest BCUT2D eigenvalue weighted by molar-refractivity contribution is 7.94. The predicted octanol–water partition coefficient (Wildman–Crippen LogP) is 1.93. The molecule has 19 heavy (non-hydrogen) atoms. The van der Waals surface area contributed by atoms with Crippen LogP contribution in [0.3, 0.4) is 0 Å². The number of hydrogen-bond acceptors (Lipinski definition) is 6. The predicted molar refractivity (Wildman–Crippen MR) is 68.3 cm³/mol. The Balaban J connectivity index is 2.41. The molecule has 1 atom stereocenters. The molecule has 1 unspecified atom stereocenters. The molecule has 102 valence electrons. The van der Waals surface area contributed by atoms with Gasteiger partial charge in [0.25, 0.3) is 0 Å². The van der Waals surface area contributed by atoms with Crippen LogP contribution >= 0.6 is 11.3 Å². The first-order chi connectivity index (χ1) is 8.96. The van der Waals surface area contributed by atoms with Gasteiger partial charge in [0.05, 0.1) is 16.8 Å². The number of fused-ring (bicyclic) bond motifs is 1. The molecule has 0 bridgehead atoms. The number of alkyl halides is 1. The molecular weight excluding hydrogens is 293 g/mol. The lowest BCUT2D eigenvalue weighted by molar-refractivity contribution is -0.145. The van der Waals surface area contributed by atoms with Gasteiger partial charge in [0.15, 0.2) is 0 Å². The minimum absolute atomic E-state index is 0.0887. The number of carbonyl (C=O) groups excluding carboxylic acids is 1. The Hall–Kier alpha value is -1.54. The van der Waals surface area contributed by atoms with Gasteiger partial charge in [-0.3, -0.25) is 0 Å². The molecule has 0 N–H and O–H groups in total. The lowest BCUT2D eigenvalue weighted by Gasteiger charge is -2.06. The summed E-state index contributed by atoms with van der Waals surface area (Å²) in [6.45, 7) is 1.38. The molecule has 1 heterocycles. The number of rotatable bonds is 4. The third kappa shape index (κ3) is 2.59.